The Balaban J connectivity index is 1.38. The smallest absolute Gasteiger partial charge is 0.170 e. The van der Waals surface area contributed by atoms with Crippen molar-refractivity contribution in [1.82, 2.24) is 30.3 Å². The van der Waals surface area contributed by atoms with Crippen molar-refractivity contribution in [1.29, 1.82) is 0 Å². The van der Waals surface area contributed by atoms with Gasteiger partial charge in [-0.3, -0.25) is 15.1 Å². The monoisotopic (exact) mass is 322 g/mol. The Bertz CT molecular complexity index is 800. The number of hydrogen-bond acceptors (Lipinski definition) is 4. The van der Waals surface area contributed by atoms with Crippen molar-refractivity contribution in [2.24, 2.45) is 0 Å². The Morgan fingerprint density at radius 3 is 2.75 bits per heavy atom. The van der Waals surface area contributed by atoms with E-state index in [0.29, 0.717) is 0 Å². The molecule has 1 aliphatic carbocycles. The van der Waals surface area contributed by atoms with E-state index in [1.165, 1.54) is 11.3 Å². The van der Waals surface area contributed by atoms with E-state index >= 15 is 0 Å². The number of nitrogens with zero attached hydrogens (tertiary/aromatic N) is 4. The van der Waals surface area contributed by atoms with E-state index in [0.717, 1.165) is 44.0 Å². The van der Waals surface area contributed by atoms with E-state index in [4.69, 9.17) is 0 Å². The average Bonchev–Trinajstić information content (AvgIpc) is 3.04. The van der Waals surface area contributed by atoms with Gasteiger partial charge in [0, 0.05) is 19.3 Å². The minimum absolute atomic E-state index is 0.0563. The normalized spacial score (nSPS) is 15.5. The lowest BCUT2D eigenvalue weighted by Gasteiger charge is -2.15. The van der Waals surface area contributed by atoms with Gasteiger partial charge >= 0.3 is 0 Å². The van der Waals surface area contributed by atoms with Gasteiger partial charge in [0.25, 0.3) is 0 Å². The largest absolute Gasteiger partial charge is 0.299 e. The molecule has 0 atom stereocenters. The molecule has 0 bridgehead atoms. The van der Waals surface area contributed by atoms with E-state index in [1.54, 1.807) is 0 Å². The summed E-state index contributed by atoms with van der Waals surface area (Å²) in [7, 11) is 0. The Morgan fingerprint density at radius 1 is 1.21 bits per heavy atom. The zero-order valence-corrected chi connectivity index (χ0v) is 13.9. The van der Waals surface area contributed by atoms with Crippen LogP contribution in [0.1, 0.15) is 35.7 Å². The van der Waals surface area contributed by atoms with Crippen molar-refractivity contribution >= 4 is 0 Å². The number of benzene rings is 1. The molecule has 2 heterocycles. The molecular weight excluding hydrogens is 300 g/mol. The van der Waals surface area contributed by atoms with Crippen molar-refractivity contribution in [3.05, 3.63) is 65.5 Å². The van der Waals surface area contributed by atoms with Gasteiger partial charge in [-0.25, -0.2) is 4.98 Å². The van der Waals surface area contributed by atoms with Crippen molar-refractivity contribution in [2.45, 2.75) is 44.8 Å². The quantitative estimate of drug-likeness (QED) is 0.700. The number of aromatic nitrogens is 5. The highest BCUT2D eigenvalue weighted by molar-refractivity contribution is 5.17. The maximum absolute atomic E-state index is 4.49. The zero-order valence-electron chi connectivity index (χ0n) is 13.9. The summed E-state index contributed by atoms with van der Waals surface area (Å²) >= 11 is 0. The number of H-pyrrole nitrogens is 1. The fourth-order valence-electron chi connectivity index (χ4n) is 3.01. The van der Waals surface area contributed by atoms with Gasteiger partial charge in [0.2, 0.25) is 0 Å². The summed E-state index contributed by atoms with van der Waals surface area (Å²) in [5.41, 5.74) is 2.48. The summed E-state index contributed by atoms with van der Waals surface area (Å²) in [6.45, 7) is 3.61. The molecule has 0 unspecified atom stereocenters. The molecule has 1 saturated carbocycles. The molecule has 0 saturated heterocycles. The molecule has 0 aliphatic heterocycles. The van der Waals surface area contributed by atoms with Crippen LogP contribution in [0.4, 0.5) is 0 Å². The molecular formula is C18H22N6. The highest BCUT2D eigenvalue weighted by atomic mass is 15.3. The van der Waals surface area contributed by atoms with Gasteiger partial charge in [-0.15, -0.1) is 0 Å². The molecule has 0 spiro atoms. The number of nitrogens with one attached hydrogen (secondary N) is 2. The maximum atomic E-state index is 4.49. The van der Waals surface area contributed by atoms with Gasteiger partial charge in [-0.2, -0.15) is 10.2 Å². The van der Waals surface area contributed by atoms with Crippen molar-refractivity contribution in [2.75, 3.05) is 0 Å². The summed E-state index contributed by atoms with van der Waals surface area (Å²) in [6.07, 6.45) is 5.03. The third-order valence-corrected chi connectivity index (χ3v) is 4.64. The van der Waals surface area contributed by atoms with Gasteiger partial charge in [-0.05, 0) is 37.8 Å². The van der Waals surface area contributed by atoms with E-state index < -0.39 is 0 Å². The number of rotatable bonds is 7. The molecule has 4 rings (SSSR count). The highest BCUT2D eigenvalue weighted by Gasteiger charge is 2.47. The summed E-state index contributed by atoms with van der Waals surface area (Å²) in [6, 6.07) is 12.6. The molecule has 1 aromatic carbocycles. The van der Waals surface area contributed by atoms with Crippen molar-refractivity contribution in [3.8, 4) is 0 Å². The summed E-state index contributed by atoms with van der Waals surface area (Å²) < 4.78 is 2.08. The number of hydrogen-bond donors (Lipinski definition) is 2. The van der Waals surface area contributed by atoms with Crippen LogP contribution in [0.2, 0.25) is 0 Å². The van der Waals surface area contributed by atoms with Crippen LogP contribution in [-0.4, -0.2) is 25.0 Å². The molecule has 6 heteroatoms. The standard InChI is InChI=1S/C18H22N6/c1-14-21-17(23-22-14)18(9-10-18)19-13-16-7-11-20-24(16)12-8-15-5-3-2-4-6-15/h2-7,11,19H,8-10,12-13H2,1H3,(H,21,22,23). The van der Waals surface area contributed by atoms with Crippen LogP contribution in [0, 0.1) is 6.92 Å². The minimum Gasteiger partial charge on any atom is -0.299 e. The summed E-state index contributed by atoms with van der Waals surface area (Å²) in [4.78, 5) is 4.49. The second kappa shape index (κ2) is 6.20. The number of aryl methyl sites for hydroxylation is 3. The summed E-state index contributed by atoms with van der Waals surface area (Å²) in [5.74, 6) is 1.75. The minimum atomic E-state index is -0.0563. The van der Waals surface area contributed by atoms with Gasteiger partial charge < -0.3 is 0 Å². The lowest BCUT2D eigenvalue weighted by atomic mass is 10.1. The molecule has 2 N–H and O–H groups in total. The van der Waals surface area contributed by atoms with Crippen LogP contribution >= 0.6 is 0 Å². The van der Waals surface area contributed by atoms with Crippen LogP contribution in [0.3, 0.4) is 0 Å². The van der Waals surface area contributed by atoms with Crippen LogP contribution in [0.25, 0.3) is 0 Å². The SMILES string of the molecule is Cc1nc(C2(NCc3ccnn3CCc3ccccc3)CC2)n[nH]1. The third-order valence-electron chi connectivity index (χ3n) is 4.64. The Morgan fingerprint density at radius 2 is 2.04 bits per heavy atom. The predicted octanol–water partition coefficient (Wildman–Crippen LogP) is 2.33. The topological polar surface area (TPSA) is 71.4 Å². The van der Waals surface area contributed by atoms with Gasteiger partial charge in [0.1, 0.15) is 5.82 Å². The van der Waals surface area contributed by atoms with E-state index in [1.807, 2.05) is 19.2 Å². The van der Waals surface area contributed by atoms with Gasteiger partial charge in [-0.1, -0.05) is 30.3 Å². The molecule has 1 aliphatic rings. The molecule has 24 heavy (non-hydrogen) atoms. The second-order valence-corrected chi connectivity index (χ2v) is 6.46. The van der Waals surface area contributed by atoms with Crippen LogP contribution in [0.15, 0.2) is 42.6 Å². The van der Waals surface area contributed by atoms with Crippen LogP contribution in [0.5, 0.6) is 0 Å². The first kappa shape index (κ1) is 15.1. The van der Waals surface area contributed by atoms with E-state index in [9.17, 15) is 0 Å². The fraction of sp³-hybridized carbons (Fsp3) is 0.389. The van der Waals surface area contributed by atoms with E-state index in [-0.39, 0.29) is 5.54 Å². The van der Waals surface area contributed by atoms with Gasteiger partial charge in [0.15, 0.2) is 5.82 Å². The first-order valence-corrected chi connectivity index (χ1v) is 8.44. The predicted molar refractivity (Wildman–Crippen MR) is 91.2 cm³/mol. The third kappa shape index (κ3) is 3.10. The maximum Gasteiger partial charge on any atom is 0.170 e. The van der Waals surface area contributed by atoms with Crippen LogP contribution < -0.4 is 5.32 Å². The highest BCUT2D eigenvalue weighted by Crippen LogP contribution is 2.43. The van der Waals surface area contributed by atoms with Crippen molar-refractivity contribution < 1.29 is 0 Å². The first-order valence-electron chi connectivity index (χ1n) is 8.44. The Labute approximate surface area is 141 Å². The molecule has 0 amide bonds. The van der Waals surface area contributed by atoms with Crippen molar-refractivity contribution in [3.63, 3.8) is 0 Å². The Kier molecular flexibility index (Phi) is 3.90. The lowest BCUT2D eigenvalue weighted by Crippen LogP contribution is -2.30. The number of aromatic amines is 1. The fourth-order valence-corrected chi connectivity index (χ4v) is 3.01. The molecule has 1 fully saturated rings. The summed E-state index contributed by atoms with van der Waals surface area (Å²) in [5, 5.41) is 15.4. The molecule has 0 radical (unpaired) electrons. The van der Waals surface area contributed by atoms with E-state index in [2.05, 4.69) is 60.6 Å². The first-order chi connectivity index (χ1) is 11.8. The zero-order chi connectivity index (χ0) is 16.4. The molecule has 3 aromatic rings. The Hall–Kier alpha value is -2.47. The molecule has 6 nitrogen and oxygen atoms in total. The average molecular weight is 322 g/mol. The second-order valence-electron chi connectivity index (χ2n) is 6.46. The molecule has 124 valence electrons. The van der Waals surface area contributed by atoms with Crippen LogP contribution in [-0.2, 0) is 25.0 Å². The molecule has 2 aromatic heterocycles. The lowest BCUT2D eigenvalue weighted by molar-refractivity contribution is 0.468. The van der Waals surface area contributed by atoms with Gasteiger partial charge in [0.05, 0.1) is 11.2 Å².